The fourth-order valence-corrected chi connectivity index (χ4v) is 5.01. The third-order valence-corrected chi connectivity index (χ3v) is 7.04. The van der Waals surface area contributed by atoms with E-state index >= 15 is 0 Å². The molecule has 0 aromatic heterocycles. The zero-order chi connectivity index (χ0) is 19.0. The molecule has 0 saturated carbocycles. The Morgan fingerprint density at radius 2 is 1.81 bits per heavy atom. The summed E-state index contributed by atoms with van der Waals surface area (Å²) < 4.78 is 11.2. The third kappa shape index (κ3) is 4.52. The maximum Gasteiger partial charge on any atom is 0.188 e. The van der Waals surface area contributed by atoms with Gasteiger partial charge in [-0.15, -0.1) is 0 Å². The van der Waals surface area contributed by atoms with Crippen molar-refractivity contribution < 1.29 is 9.47 Å². The highest BCUT2D eigenvalue weighted by molar-refractivity contribution is 7.48. The van der Waals surface area contributed by atoms with Crippen molar-refractivity contribution in [1.29, 1.82) is 0 Å². The van der Waals surface area contributed by atoms with Gasteiger partial charge in [0.25, 0.3) is 0 Å². The van der Waals surface area contributed by atoms with Crippen molar-refractivity contribution in [2.45, 2.75) is 38.8 Å². The van der Waals surface area contributed by atoms with E-state index in [1.165, 1.54) is 16.4 Å². The molecule has 2 rings (SSSR count). The first kappa shape index (κ1) is 20.6. The highest BCUT2D eigenvalue weighted by Crippen LogP contribution is 2.50. The quantitative estimate of drug-likeness (QED) is 0.351. The molecule has 0 aliphatic rings. The molecule has 2 aromatic carbocycles. The molecule has 1 unspecified atom stereocenters. The summed E-state index contributed by atoms with van der Waals surface area (Å²) >= 11 is 0. The number of aliphatic imine (C=N–C) groups is 1. The van der Waals surface area contributed by atoms with E-state index in [-0.39, 0.29) is 11.9 Å². The summed E-state index contributed by atoms with van der Waals surface area (Å²) in [6.45, 7) is 6.92. The van der Waals surface area contributed by atoms with Crippen LogP contribution in [-0.4, -0.2) is 27.2 Å². The lowest BCUT2D eigenvalue weighted by Gasteiger charge is -2.35. The number of ether oxygens (including phenoxy) is 2. The Morgan fingerprint density at radius 3 is 2.46 bits per heavy atom. The van der Waals surface area contributed by atoms with Crippen LogP contribution in [0.25, 0.3) is 0 Å². The molecule has 3 nitrogen and oxygen atoms in total. The first-order valence-electron chi connectivity index (χ1n) is 9.13. The van der Waals surface area contributed by atoms with Gasteiger partial charge in [-0.05, 0) is 36.2 Å². The summed E-state index contributed by atoms with van der Waals surface area (Å²) in [5.41, 5.74) is 3.63. The number of hydrogen-bond acceptors (Lipinski definition) is 3. The molecule has 0 aliphatic heterocycles. The fraction of sp³-hybridized carbons (Fsp3) is 0.409. The Labute approximate surface area is 159 Å². The average Bonchev–Trinajstić information content (AvgIpc) is 2.67. The van der Waals surface area contributed by atoms with E-state index < -0.39 is 0 Å². The number of rotatable bonds is 9. The van der Waals surface area contributed by atoms with Gasteiger partial charge in [0.2, 0.25) is 0 Å². The van der Waals surface area contributed by atoms with E-state index in [4.69, 9.17) is 9.47 Å². The summed E-state index contributed by atoms with van der Waals surface area (Å²) in [5.74, 6) is 0.965. The minimum atomic E-state index is 0.0345. The summed E-state index contributed by atoms with van der Waals surface area (Å²) in [5, 5.41) is 1.38. The van der Waals surface area contributed by atoms with Crippen LogP contribution in [-0.2, 0) is 9.89 Å². The molecule has 140 valence electrons. The molecule has 26 heavy (non-hydrogen) atoms. The molecule has 2 aromatic rings. The minimum absolute atomic E-state index is 0.0345. The second kappa shape index (κ2) is 9.85. The highest BCUT2D eigenvalue weighted by Gasteiger charge is 2.33. The van der Waals surface area contributed by atoms with Gasteiger partial charge < -0.3 is 9.47 Å². The van der Waals surface area contributed by atoms with Gasteiger partial charge in [0.1, 0.15) is 5.75 Å². The predicted octanol–water partition coefficient (Wildman–Crippen LogP) is 5.05. The predicted molar refractivity (Wildman–Crippen MR) is 114 cm³/mol. The van der Waals surface area contributed by atoms with Gasteiger partial charge in [0.05, 0.1) is 0 Å². The summed E-state index contributed by atoms with van der Waals surface area (Å²) in [6, 6.07) is 15.0. The first-order valence-corrected chi connectivity index (χ1v) is 10.1. The molecule has 1 atom stereocenters. The molecule has 0 spiro atoms. The summed E-state index contributed by atoms with van der Waals surface area (Å²) in [7, 11) is 4.12. The van der Waals surface area contributed by atoms with Crippen molar-refractivity contribution in [2.75, 3.05) is 21.0 Å². The summed E-state index contributed by atoms with van der Waals surface area (Å²) in [6.07, 6.45) is 4.05. The second-order valence-corrected chi connectivity index (χ2v) is 8.14. The number of nitrogens with zero attached hydrogens (tertiary/aromatic N) is 1. The maximum atomic E-state index is 6.00. The topological polar surface area (TPSA) is 30.8 Å². The highest BCUT2D eigenvalue weighted by atomic mass is 31.1. The number of aryl methyl sites for hydroxylation is 1. The van der Waals surface area contributed by atoms with Crippen LogP contribution in [0.1, 0.15) is 43.4 Å². The molecule has 0 amide bonds. The van der Waals surface area contributed by atoms with Crippen LogP contribution >= 0.6 is 8.58 Å². The largest absolute Gasteiger partial charge is 0.467 e. The van der Waals surface area contributed by atoms with Gasteiger partial charge in [-0.3, -0.25) is 4.99 Å². The number of hydrogen-bond donors (Lipinski definition) is 0. The SMILES string of the molecule is CCC(CC)(Pc1ccccc1C=NC)c1cccc(C)c1OCOC. The smallest absolute Gasteiger partial charge is 0.188 e. The van der Waals surface area contributed by atoms with E-state index in [1.54, 1.807) is 7.11 Å². The molecule has 0 saturated heterocycles. The molecule has 4 heteroatoms. The van der Waals surface area contributed by atoms with Crippen LogP contribution in [0.3, 0.4) is 0 Å². The second-order valence-electron chi connectivity index (χ2n) is 6.39. The minimum Gasteiger partial charge on any atom is -0.467 e. The normalized spacial score (nSPS) is 12.3. The molecule has 0 N–H and O–H groups in total. The van der Waals surface area contributed by atoms with Gasteiger partial charge in [-0.25, -0.2) is 0 Å². The molecular weight excluding hydrogens is 341 g/mol. The van der Waals surface area contributed by atoms with Crippen molar-refractivity contribution in [3.8, 4) is 5.75 Å². The Balaban J connectivity index is 2.53. The van der Waals surface area contributed by atoms with E-state index in [0.29, 0.717) is 8.58 Å². The number of benzene rings is 2. The monoisotopic (exact) mass is 371 g/mol. The lowest BCUT2D eigenvalue weighted by Crippen LogP contribution is -2.24. The van der Waals surface area contributed by atoms with Crippen molar-refractivity contribution in [3.05, 3.63) is 59.2 Å². The van der Waals surface area contributed by atoms with E-state index in [9.17, 15) is 0 Å². The maximum absolute atomic E-state index is 6.00. The van der Waals surface area contributed by atoms with Crippen molar-refractivity contribution in [1.82, 2.24) is 0 Å². The standard InChI is InChI=1S/C22H30NO2P/c1-6-22(7-2,26-20-14-9-8-12-18(20)15-23-4)19-13-10-11-17(3)21(19)25-16-24-5/h8-15,26H,6-7,16H2,1-5H3. The van der Waals surface area contributed by atoms with Crippen molar-refractivity contribution in [2.24, 2.45) is 4.99 Å². The van der Waals surface area contributed by atoms with Crippen molar-refractivity contribution in [3.63, 3.8) is 0 Å². The number of para-hydroxylation sites is 1. The zero-order valence-electron chi connectivity index (χ0n) is 16.5. The van der Waals surface area contributed by atoms with Crippen LogP contribution < -0.4 is 10.0 Å². The van der Waals surface area contributed by atoms with Crippen LogP contribution in [0.4, 0.5) is 0 Å². The third-order valence-electron chi connectivity index (χ3n) is 4.86. The Kier molecular flexibility index (Phi) is 7.81. The van der Waals surface area contributed by atoms with E-state index in [1.807, 2.05) is 13.3 Å². The molecule has 0 bridgehead atoms. The van der Waals surface area contributed by atoms with Gasteiger partial charge in [0, 0.05) is 31.1 Å². The molecule has 0 heterocycles. The Hall–Kier alpha value is -1.70. The molecule has 0 fully saturated rings. The first-order chi connectivity index (χ1) is 12.6. The summed E-state index contributed by atoms with van der Waals surface area (Å²) in [4.78, 5) is 4.23. The van der Waals surface area contributed by atoms with Crippen LogP contribution in [0.2, 0.25) is 0 Å². The Bertz CT molecular complexity index is 739. The average molecular weight is 371 g/mol. The fourth-order valence-electron chi connectivity index (χ4n) is 3.33. The number of methoxy groups -OCH3 is 1. The molecule has 0 aliphatic carbocycles. The molecule has 0 radical (unpaired) electrons. The van der Waals surface area contributed by atoms with Gasteiger partial charge in [0.15, 0.2) is 6.79 Å². The zero-order valence-corrected chi connectivity index (χ0v) is 17.5. The van der Waals surface area contributed by atoms with E-state index in [2.05, 4.69) is 68.2 Å². The van der Waals surface area contributed by atoms with Crippen LogP contribution in [0, 0.1) is 6.92 Å². The van der Waals surface area contributed by atoms with Crippen LogP contribution in [0.15, 0.2) is 47.5 Å². The molecular formula is C22H30NO2P. The van der Waals surface area contributed by atoms with Gasteiger partial charge in [-0.1, -0.05) is 64.9 Å². The van der Waals surface area contributed by atoms with E-state index in [0.717, 1.165) is 24.2 Å². The Morgan fingerprint density at radius 1 is 1.08 bits per heavy atom. The lowest BCUT2D eigenvalue weighted by atomic mass is 9.90. The van der Waals surface area contributed by atoms with Crippen molar-refractivity contribution >= 4 is 20.1 Å². The van der Waals surface area contributed by atoms with Gasteiger partial charge >= 0.3 is 0 Å². The van der Waals surface area contributed by atoms with Gasteiger partial charge in [-0.2, -0.15) is 0 Å². The lowest BCUT2D eigenvalue weighted by molar-refractivity contribution is 0.0494. The van der Waals surface area contributed by atoms with Crippen LogP contribution in [0.5, 0.6) is 5.75 Å².